The zero-order valence-electron chi connectivity index (χ0n) is 9.67. The quantitative estimate of drug-likeness (QED) is 0.777. The number of rotatable bonds is 2. The monoisotopic (exact) mass is 205 g/mol. The summed E-state index contributed by atoms with van der Waals surface area (Å²) in [6, 6.07) is 4.20. The maximum absolute atomic E-state index is 10.2. The molecule has 2 heteroatoms. The Hall–Kier alpha value is -0.860. The van der Waals surface area contributed by atoms with E-state index in [-0.39, 0.29) is 5.54 Å². The number of nitrogens with two attached hydrogens (primary N) is 1. The van der Waals surface area contributed by atoms with Gasteiger partial charge in [-0.15, -0.1) is 0 Å². The van der Waals surface area contributed by atoms with Crippen LogP contribution in [0.5, 0.6) is 0 Å². The second kappa shape index (κ2) is 3.32. The lowest BCUT2D eigenvalue weighted by molar-refractivity contribution is 0.135. The van der Waals surface area contributed by atoms with Crippen LogP contribution in [-0.4, -0.2) is 10.6 Å². The first-order chi connectivity index (χ1) is 6.94. The van der Waals surface area contributed by atoms with Crippen LogP contribution in [0.4, 0.5) is 0 Å². The van der Waals surface area contributed by atoms with Gasteiger partial charge < -0.3 is 10.8 Å². The van der Waals surface area contributed by atoms with Crippen LogP contribution in [0.2, 0.25) is 0 Å². The Morgan fingerprint density at radius 3 is 2.20 bits per heavy atom. The van der Waals surface area contributed by atoms with E-state index in [2.05, 4.69) is 26.0 Å². The minimum Gasteiger partial charge on any atom is -0.386 e. The van der Waals surface area contributed by atoms with Gasteiger partial charge in [0.05, 0.1) is 6.10 Å². The lowest BCUT2D eigenvalue weighted by Crippen LogP contribution is -2.31. The maximum Gasteiger partial charge on any atom is 0.0972 e. The van der Waals surface area contributed by atoms with Gasteiger partial charge in [-0.25, -0.2) is 0 Å². The van der Waals surface area contributed by atoms with Gasteiger partial charge >= 0.3 is 0 Å². The molecule has 1 aromatic carbocycles. The summed E-state index contributed by atoms with van der Waals surface area (Å²) >= 11 is 0. The molecular formula is C13H19NO. The molecule has 1 unspecified atom stereocenters. The van der Waals surface area contributed by atoms with Crippen LogP contribution in [-0.2, 0) is 0 Å². The van der Waals surface area contributed by atoms with E-state index >= 15 is 0 Å². The van der Waals surface area contributed by atoms with Gasteiger partial charge in [0, 0.05) is 5.54 Å². The molecule has 15 heavy (non-hydrogen) atoms. The van der Waals surface area contributed by atoms with E-state index in [1.165, 1.54) is 11.1 Å². The Kier molecular flexibility index (Phi) is 2.36. The summed E-state index contributed by atoms with van der Waals surface area (Å²) in [7, 11) is 0. The number of aliphatic hydroxyl groups excluding tert-OH is 1. The van der Waals surface area contributed by atoms with Crippen molar-refractivity contribution in [3.8, 4) is 0 Å². The van der Waals surface area contributed by atoms with Crippen LogP contribution < -0.4 is 5.73 Å². The van der Waals surface area contributed by atoms with Crippen LogP contribution in [0.15, 0.2) is 12.1 Å². The third-order valence-corrected chi connectivity index (χ3v) is 3.55. The predicted octanol–water partition coefficient (Wildman–Crippen LogP) is 2.14. The van der Waals surface area contributed by atoms with Crippen molar-refractivity contribution in [3.05, 3.63) is 34.4 Å². The molecule has 0 saturated heterocycles. The topological polar surface area (TPSA) is 46.2 Å². The number of aliphatic hydroxyl groups is 1. The lowest BCUT2D eigenvalue weighted by atomic mass is 9.93. The van der Waals surface area contributed by atoms with Crippen molar-refractivity contribution in [1.82, 2.24) is 0 Å². The van der Waals surface area contributed by atoms with E-state index in [4.69, 9.17) is 5.73 Å². The first-order valence-corrected chi connectivity index (χ1v) is 5.49. The SMILES string of the molecule is Cc1cc(C)c(C(O)C2(N)CC2)cc1C. The first kappa shape index (κ1) is 10.7. The highest BCUT2D eigenvalue weighted by molar-refractivity contribution is 5.39. The van der Waals surface area contributed by atoms with Crippen LogP contribution in [0.1, 0.15) is 41.2 Å². The van der Waals surface area contributed by atoms with E-state index in [0.29, 0.717) is 0 Å². The molecule has 0 heterocycles. The predicted molar refractivity (Wildman–Crippen MR) is 61.8 cm³/mol. The largest absolute Gasteiger partial charge is 0.386 e. The van der Waals surface area contributed by atoms with Gasteiger partial charge in [-0.2, -0.15) is 0 Å². The molecule has 82 valence electrons. The molecule has 0 bridgehead atoms. The van der Waals surface area contributed by atoms with Gasteiger partial charge in [-0.3, -0.25) is 0 Å². The fraction of sp³-hybridized carbons (Fsp3) is 0.538. The minimum absolute atomic E-state index is 0.355. The zero-order valence-corrected chi connectivity index (χ0v) is 9.67. The molecule has 1 fully saturated rings. The Morgan fingerprint density at radius 2 is 1.67 bits per heavy atom. The molecule has 1 saturated carbocycles. The molecule has 1 aliphatic carbocycles. The Balaban J connectivity index is 2.39. The second-order valence-electron chi connectivity index (χ2n) is 4.93. The van der Waals surface area contributed by atoms with Gasteiger partial charge in [0.15, 0.2) is 0 Å². The summed E-state index contributed by atoms with van der Waals surface area (Å²) in [4.78, 5) is 0. The van der Waals surface area contributed by atoms with Crippen molar-refractivity contribution in [3.63, 3.8) is 0 Å². The lowest BCUT2D eigenvalue weighted by Gasteiger charge is -2.21. The van der Waals surface area contributed by atoms with Gasteiger partial charge in [0.2, 0.25) is 0 Å². The van der Waals surface area contributed by atoms with Crippen molar-refractivity contribution >= 4 is 0 Å². The molecule has 3 N–H and O–H groups in total. The van der Waals surface area contributed by atoms with Crippen LogP contribution in [0.25, 0.3) is 0 Å². The summed E-state index contributed by atoms with van der Waals surface area (Å²) in [5.74, 6) is 0. The van der Waals surface area contributed by atoms with E-state index in [1.807, 2.05) is 6.92 Å². The standard InChI is InChI=1S/C13H19NO/c1-8-6-10(3)11(7-9(8)2)12(15)13(14)4-5-13/h6-7,12,15H,4-5,14H2,1-3H3. The second-order valence-corrected chi connectivity index (χ2v) is 4.93. The maximum atomic E-state index is 10.2. The highest BCUT2D eigenvalue weighted by Gasteiger charge is 2.46. The Morgan fingerprint density at radius 1 is 1.13 bits per heavy atom. The van der Waals surface area contributed by atoms with Crippen molar-refractivity contribution in [2.45, 2.75) is 45.3 Å². The molecule has 0 amide bonds. The van der Waals surface area contributed by atoms with Gasteiger partial charge in [-0.05, 0) is 55.9 Å². The van der Waals surface area contributed by atoms with E-state index in [1.54, 1.807) is 0 Å². The van der Waals surface area contributed by atoms with E-state index in [9.17, 15) is 5.11 Å². The summed E-state index contributed by atoms with van der Waals surface area (Å²) in [6.07, 6.45) is 1.36. The number of hydrogen-bond acceptors (Lipinski definition) is 2. The summed E-state index contributed by atoms with van der Waals surface area (Å²) in [5.41, 5.74) is 10.3. The Labute approximate surface area is 91.1 Å². The van der Waals surface area contributed by atoms with Crippen molar-refractivity contribution in [1.29, 1.82) is 0 Å². The fourth-order valence-corrected chi connectivity index (χ4v) is 2.00. The normalized spacial score (nSPS) is 20.1. The van der Waals surface area contributed by atoms with Crippen molar-refractivity contribution < 1.29 is 5.11 Å². The van der Waals surface area contributed by atoms with Crippen molar-refractivity contribution in [2.24, 2.45) is 5.73 Å². The van der Waals surface area contributed by atoms with Gasteiger partial charge in [-0.1, -0.05) is 12.1 Å². The fourth-order valence-electron chi connectivity index (χ4n) is 2.00. The first-order valence-electron chi connectivity index (χ1n) is 5.49. The average molecular weight is 205 g/mol. The minimum atomic E-state index is -0.503. The van der Waals surface area contributed by atoms with Crippen LogP contribution >= 0.6 is 0 Å². The van der Waals surface area contributed by atoms with Crippen LogP contribution in [0, 0.1) is 20.8 Å². The van der Waals surface area contributed by atoms with E-state index < -0.39 is 6.10 Å². The van der Waals surface area contributed by atoms with E-state index in [0.717, 1.165) is 24.0 Å². The van der Waals surface area contributed by atoms with Crippen LogP contribution in [0.3, 0.4) is 0 Å². The highest BCUT2D eigenvalue weighted by atomic mass is 16.3. The third-order valence-electron chi connectivity index (χ3n) is 3.55. The molecule has 1 aliphatic rings. The number of benzene rings is 1. The molecule has 1 atom stereocenters. The molecule has 0 spiro atoms. The smallest absolute Gasteiger partial charge is 0.0972 e. The molecule has 0 radical (unpaired) electrons. The molecular weight excluding hydrogens is 186 g/mol. The molecule has 0 aliphatic heterocycles. The number of hydrogen-bond donors (Lipinski definition) is 2. The molecule has 1 aromatic rings. The van der Waals surface area contributed by atoms with Gasteiger partial charge in [0.1, 0.15) is 0 Å². The molecule has 2 nitrogen and oxygen atoms in total. The third kappa shape index (κ3) is 1.80. The Bertz CT molecular complexity index is 394. The van der Waals surface area contributed by atoms with Crippen molar-refractivity contribution in [2.75, 3.05) is 0 Å². The highest BCUT2D eigenvalue weighted by Crippen LogP contribution is 2.44. The summed E-state index contributed by atoms with van der Waals surface area (Å²) in [5, 5.41) is 10.2. The summed E-state index contributed by atoms with van der Waals surface area (Å²) in [6.45, 7) is 6.20. The number of aryl methyl sites for hydroxylation is 3. The molecule has 0 aromatic heterocycles. The average Bonchev–Trinajstić information content (AvgIpc) is 2.90. The zero-order chi connectivity index (χ0) is 11.2. The summed E-state index contributed by atoms with van der Waals surface area (Å²) < 4.78 is 0. The van der Waals surface area contributed by atoms with Gasteiger partial charge in [0.25, 0.3) is 0 Å². The molecule has 2 rings (SSSR count).